The molecule has 0 heterocycles. The minimum absolute atomic E-state index is 0.599. The van der Waals surface area contributed by atoms with Crippen LogP contribution < -0.4 is 10.6 Å². The number of guanidine groups is 1. The first kappa shape index (κ1) is 13.3. The van der Waals surface area contributed by atoms with Crippen molar-refractivity contribution in [2.75, 3.05) is 26.3 Å². The molecule has 0 aromatic heterocycles. The lowest BCUT2D eigenvalue weighted by molar-refractivity contribution is 0.117. The van der Waals surface area contributed by atoms with Crippen molar-refractivity contribution < 1.29 is 4.74 Å². The fraction of sp³-hybridized carbons (Fsp3) is 0.917. The minimum Gasteiger partial charge on any atom is -0.379 e. The molecular weight excluding hydrogens is 202 g/mol. The van der Waals surface area contributed by atoms with Gasteiger partial charge in [0.2, 0.25) is 0 Å². The molecule has 1 aliphatic carbocycles. The summed E-state index contributed by atoms with van der Waals surface area (Å²) in [7, 11) is 0. The molecule has 0 aliphatic heterocycles. The quantitative estimate of drug-likeness (QED) is 0.392. The summed E-state index contributed by atoms with van der Waals surface area (Å²) in [5.41, 5.74) is 0. The van der Waals surface area contributed by atoms with Crippen molar-refractivity contribution >= 4 is 5.96 Å². The summed E-state index contributed by atoms with van der Waals surface area (Å²) in [6, 6.07) is 0.648. The molecule has 4 heteroatoms. The Balaban J connectivity index is 2.11. The van der Waals surface area contributed by atoms with Crippen LogP contribution in [0, 0.1) is 5.92 Å². The van der Waals surface area contributed by atoms with Crippen LogP contribution in [-0.2, 0) is 4.74 Å². The molecule has 0 saturated heterocycles. The lowest BCUT2D eigenvalue weighted by atomic mass is 10.2. The largest absolute Gasteiger partial charge is 0.379 e. The number of hydrogen-bond donors (Lipinski definition) is 2. The van der Waals surface area contributed by atoms with Crippen molar-refractivity contribution in [1.29, 1.82) is 0 Å². The molecule has 1 rings (SSSR count). The third-order valence-electron chi connectivity index (χ3n) is 2.22. The molecule has 2 N–H and O–H groups in total. The van der Waals surface area contributed by atoms with Gasteiger partial charge in [-0.3, -0.25) is 4.99 Å². The second-order valence-corrected chi connectivity index (χ2v) is 4.65. The lowest BCUT2D eigenvalue weighted by Gasteiger charge is -2.10. The van der Waals surface area contributed by atoms with Crippen molar-refractivity contribution in [3.63, 3.8) is 0 Å². The average molecular weight is 227 g/mol. The second kappa shape index (κ2) is 7.49. The van der Waals surface area contributed by atoms with Gasteiger partial charge in [-0.2, -0.15) is 0 Å². The summed E-state index contributed by atoms with van der Waals surface area (Å²) in [6.07, 6.45) is 2.54. The molecule has 94 valence electrons. The predicted molar refractivity (Wildman–Crippen MR) is 67.8 cm³/mol. The topological polar surface area (TPSA) is 45.7 Å². The van der Waals surface area contributed by atoms with Crippen molar-refractivity contribution in [2.45, 2.75) is 39.7 Å². The summed E-state index contributed by atoms with van der Waals surface area (Å²) in [5, 5.41) is 6.61. The Bertz CT molecular complexity index is 212. The van der Waals surface area contributed by atoms with E-state index in [4.69, 9.17) is 4.74 Å². The SMILES string of the molecule is CCNC(=NCCOCC(C)C)NC1CC1. The Morgan fingerprint density at radius 1 is 1.44 bits per heavy atom. The van der Waals surface area contributed by atoms with E-state index in [0.29, 0.717) is 18.6 Å². The van der Waals surface area contributed by atoms with Gasteiger partial charge in [-0.15, -0.1) is 0 Å². The first-order chi connectivity index (χ1) is 7.72. The Morgan fingerprint density at radius 3 is 2.75 bits per heavy atom. The molecule has 0 aromatic rings. The number of nitrogens with one attached hydrogen (secondary N) is 2. The van der Waals surface area contributed by atoms with Crippen molar-refractivity contribution in [3.8, 4) is 0 Å². The van der Waals surface area contributed by atoms with Crippen LogP contribution in [0.1, 0.15) is 33.6 Å². The van der Waals surface area contributed by atoms with Crippen LogP contribution >= 0.6 is 0 Å². The molecule has 0 spiro atoms. The zero-order chi connectivity index (χ0) is 11.8. The van der Waals surface area contributed by atoms with Gasteiger partial charge in [0.15, 0.2) is 5.96 Å². The molecule has 1 fully saturated rings. The van der Waals surface area contributed by atoms with Gasteiger partial charge in [0.25, 0.3) is 0 Å². The van der Waals surface area contributed by atoms with E-state index in [1.807, 2.05) is 0 Å². The van der Waals surface area contributed by atoms with Crippen LogP contribution in [-0.4, -0.2) is 38.3 Å². The van der Waals surface area contributed by atoms with E-state index < -0.39 is 0 Å². The van der Waals surface area contributed by atoms with Gasteiger partial charge in [-0.1, -0.05) is 13.8 Å². The first-order valence-corrected chi connectivity index (χ1v) is 6.35. The maximum atomic E-state index is 5.48. The molecule has 1 aliphatic rings. The van der Waals surface area contributed by atoms with Gasteiger partial charge in [0.05, 0.1) is 13.2 Å². The summed E-state index contributed by atoms with van der Waals surface area (Å²) < 4.78 is 5.48. The molecule has 0 aromatic carbocycles. The zero-order valence-corrected chi connectivity index (χ0v) is 10.8. The fourth-order valence-electron chi connectivity index (χ4n) is 1.28. The average Bonchev–Trinajstić information content (AvgIpc) is 3.01. The highest BCUT2D eigenvalue weighted by atomic mass is 16.5. The van der Waals surface area contributed by atoms with Crippen LogP contribution in [0.25, 0.3) is 0 Å². The monoisotopic (exact) mass is 227 g/mol. The third kappa shape index (κ3) is 6.67. The van der Waals surface area contributed by atoms with E-state index in [-0.39, 0.29) is 0 Å². The maximum absolute atomic E-state index is 5.48. The van der Waals surface area contributed by atoms with Crippen LogP contribution in [0.2, 0.25) is 0 Å². The standard InChI is InChI=1S/C12H25N3O/c1-4-13-12(15-11-5-6-11)14-7-8-16-9-10(2)3/h10-11H,4-9H2,1-3H3,(H2,13,14,15). The Morgan fingerprint density at radius 2 is 2.19 bits per heavy atom. The minimum atomic E-state index is 0.599. The molecule has 0 unspecified atom stereocenters. The predicted octanol–water partition coefficient (Wildman–Crippen LogP) is 1.38. The molecule has 0 radical (unpaired) electrons. The Hall–Kier alpha value is -0.770. The number of rotatable bonds is 7. The molecule has 16 heavy (non-hydrogen) atoms. The van der Waals surface area contributed by atoms with E-state index in [9.17, 15) is 0 Å². The summed E-state index contributed by atoms with van der Waals surface area (Å²) in [6.45, 7) is 9.56. The van der Waals surface area contributed by atoms with Crippen LogP contribution in [0.5, 0.6) is 0 Å². The van der Waals surface area contributed by atoms with Crippen LogP contribution in [0.4, 0.5) is 0 Å². The molecular formula is C12H25N3O. The highest BCUT2D eigenvalue weighted by molar-refractivity contribution is 5.80. The Kier molecular flexibility index (Phi) is 6.23. The smallest absolute Gasteiger partial charge is 0.191 e. The van der Waals surface area contributed by atoms with Crippen LogP contribution in [0.15, 0.2) is 4.99 Å². The van der Waals surface area contributed by atoms with E-state index in [0.717, 1.165) is 25.7 Å². The van der Waals surface area contributed by atoms with E-state index in [2.05, 4.69) is 36.4 Å². The molecule has 0 atom stereocenters. The number of nitrogens with zero attached hydrogens (tertiary/aromatic N) is 1. The molecule has 0 bridgehead atoms. The maximum Gasteiger partial charge on any atom is 0.191 e. The summed E-state index contributed by atoms with van der Waals surface area (Å²) in [4.78, 5) is 4.46. The number of aliphatic imine (C=N–C) groups is 1. The lowest BCUT2D eigenvalue weighted by Crippen LogP contribution is -2.38. The van der Waals surface area contributed by atoms with E-state index in [1.54, 1.807) is 0 Å². The van der Waals surface area contributed by atoms with Crippen molar-refractivity contribution in [2.24, 2.45) is 10.9 Å². The third-order valence-corrected chi connectivity index (χ3v) is 2.22. The van der Waals surface area contributed by atoms with Crippen molar-refractivity contribution in [1.82, 2.24) is 10.6 Å². The van der Waals surface area contributed by atoms with Gasteiger partial charge < -0.3 is 15.4 Å². The normalized spacial score (nSPS) is 16.6. The number of ether oxygens (including phenoxy) is 1. The summed E-state index contributed by atoms with van der Waals surface area (Å²) in [5.74, 6) is 1.53. The highest BCUT2D eigenvalue weighted by Gasteiger charge is 2.21. The van der Waals surface area contributed by atoms with E-state index in [1.165, 1.54) is 12.8 Å². The summed E-state index contributed by atoms with van der Waals surface area (Å²) >= 11 is 0. The van der Waals surface area contributed by atoms with Gasteiger partial charge in [0, 0.05) is 19.2 Å². The second-order valence-electron chi connectivity index (χ2n) is 4.65. The first-order valence-electron chi connectivity index (χ1n) is 6.35. The van der Waals surface area contributed by atoms with Gasteiger partial charge >= 0.3 is 0 Å². The molecule has 0 amide bonds. The van der Waals surface area contributed by atoms with Crippen LogP contribution in [0.3, 0.4) is 0 Å². The van der Waals surface area contributed by atoms with Gasteiger partial charge in [0.1, 0.15) is 0 Å². The molecule has 1 saturated carbocycles. The van der Waals surface area contributed by atoms with Gasteiger partial charge in [-0.05, 0) is 25.7 Å². The van der Waals surface area contributed by atoms with Crippen molar-refractivity contribution in [3.05, 3.63) is 0 Å². The van der Waals surface area contributed by atoms with E-state index >= 15 is 0 Å². The zero-order valence-electron chi connectivity index (χ0n) is 10.8. The fourth-order valence-corrected chi connectivity index (χ4v) is 1.28. The number of hydrogen-bond acceptors (Lipinski definition) is 2. The van der Waals surface area contributed by atoms with Gasteiger partial charge in [-0.25, -0.2) is 0 Å². The molecule has 4 nitrogen and oxygen atoms in total. The Labute approximate surface area is 98.9 Å². The highest BCUT2D eigenvalue weighted by Crippen LogP contribution is 2.18.